The maximum atomic E-state index is 11.8. The van der Waals surface area contributed by atoms with E-state index in [2.05, 4.69) is 20.3 Å². The van der Waals surface area contributed by atoms with E-state index in [0.29, 0.717) is 28.6 Å². The van der Waals surface area contributed by atoms with Gasteiger partial charge in [0.15, 0.2) is 16.7 Å². The molecule has 0 radical (unpaired) electrons. The Morgan fingerprint density at radius 1 is 1.04 bits per heavy atom. The molecule has 0 aliphatic carbocycles. The Labute approximate surface area is 165 Å². The van der Waals surface area contributed by atoms with Crippen LogP contribution in [0, 0.1) is 0 Å². The first-order valence-corrected chi connectivity index (χ1v) is 8.57. The summed E-state index contributed by atoms with van der Waals surface area (Å²) in [6.07, 6.45) is 2.47. The number of benzene rings is 1. The summed E-state index contributed by atoms with van der Waals surface area (Å²) in [5.74, 6) is 0.459. The summed E-state index contributed by atoms with van der Waals surface area (Å²) in [4.78, 5) is 23.2. The number of methoxy groups -OCH3 is 5. The maximum Gasteiger partial charge on any atom is 0.331 e. The molecule has 0 aromatic heterocycles. The molecule has 10 nitrogen and oxygen atoms in total. The van der Waals surface area contributed by atoms with E-state index >= 15 is 0 Å². The Kier molecular flexibility index (Phi) is 7.27. The lowest BCUT2D eigenvalue weighted by molar-refractivity contribution is -0.135. The monoisotopic (exact) mass is 409 g/mol. The summed E-state index contributed by atoms with van der Waals surface area (Å²) >= 11 is 0.960. The second-order valence-corrected chi connectivity index (χ2v) is 6.03. The van der Waals surface area contributed by atoms with Gasteiger partial charge in [0.05, 0.1) is 52.2 Å². The molecule has 1 aliphatic heterocycles. The van der Waals surface area contributed by atoms with Gasteiger partial charge in [0, 0.05) is 12.1 Å². The van der Waals surface area contributed by atoms with Gasteiger partial charge >= 0.3 is 5.97 Å². The highest BCUT2D eigenvalue weighted by atomic mass is 32.2. The number of hydrogen-bond donors (Lipinski definition) is 1. The highest BCUT2D eigenvalue weighted by Crippen LogP contribution is 2.44. The van der Waals surface area contributed by atoms with Gasteiger partial charge in [0.2, 0.25) is 5.75 Å². The van der Waals surface area contributed by atoms with Gasteiger partial charge in [-0.3, -0.25) is 10.1 Å². The topological polar surface area (TPSA) is 117 Å². The smallest absolute Gasteiger partial charge is 0.331 e. The first-order valence-electron chi connectivity index (χ1n) is 7.75. The Morgan fingerprint density at radius 3 is 2.29 bits per heavy atom. The third kappa shape index (κ3) is 4.55. The van der Waals surface area contributed by atoms with Crippen molar-refractivity contribution in [3.8, 4) is 23.0 Å². The summed E-state index contributed by atoms with van der Waals surface area (Å²) < 4.78 is 25.9. The van der Waals surface area contributed by atoms with Gasteiger partial charge in [-0.05, 0) is 11.8 Å². The van der Waals surface area contributed by atoms with E-state index in [4.69, 9.17) is 18.9 Å². The highest BCUT2D eigenvalue weighted by molar-refractivity contribution is 8.18. The van der Waals surface area contributed by atoms with E-state index in [0.717, 1.165) is 17.8 Å². The van der Waals surface area contributed by atoms with Crippen LogP contribution < -0.4 is 24.3 Å². The minimum absolute atomic E-state index is 0.155. The number of nitrogens with zero attached hydrogens (tertiary/aromatic N) is 2. The lowest BCUT2D eigenvalue weighted by Crippen LogP contribution is -2.19. The number of rotatable bonds is 7. The van der Waals surface area contributed by atoms with Crippen LogP contribution in [0.5, 0.6) is 23.0 Å². The predicted molar refractivity (Wildman–Crippen MR) is 104 cm³/mol. The lowest BCUT2D eigenvalue weighted by Gasteiger charge is -2.16. The molecule has 0 saturated carbocycles. The number of carbonyl (C=O) groups is 2. The number of thioether (sulfide) groups is 1. The Hall–Kier alpha value is -3.21. The zero-order valence-corrected chi connectivity index (χ0v) is 16.7. The number of ether oxygens (including phenoxy) is 5. The van der Waals surface area contributed by atoms with Crippen molar-refractivity contribution in [2.24, 2.45) is 10.2 Å². The average molecular weight is 409 g/mol. The van der Waals surface area contributed by atoms with Crippen LogP contribution in [0.15, 0.2) is 27.3 Å². The van der Waals surface area contributed by atoms with Crippen molar-refractivity contribution in [3.05, 3.63) is 22.6 Å². The third-order valence-electron chi connectivity index (χ3n) is 3.49. The normalized spacial score (nSPS) is 16.4. The van der Waals surface area contributed by atoms with Gasteiger partial charge < -0.3 is 23.7 Å². The van der Waals surface area contributed by atoms with Crippen molar-refractivity contribution in [2.45, 2.75) is 0 Å². The molecule has 1 aliphatic rings. The third-order valence-corrected chi connectivity index (χ3v) is 4.39. The van der Waals surface area contributed by atoms with Gasteiger partial charge in [-0.1, -0.05) is 0 Å². The number of esters is 1. The molecule has 1 amide bonds. The summed E-state index contributed by atoms with van der Waals surface area (Å²) in [7, 11) is 7.15. The van der Waals surface area contributed by atoms with E-state index in [1.165, 1.54) is 41.8 Å². The summed E-state index contributed by atoms with van der Waals surface area (Å²) in [5, 5.41) is 10.6. The fourth-order valence-corrected chi connectivity index (χ4v) is 2.97. The van der Waals surface area contributed by atoms with Crippen LogP contribution in [0.1, 0.15) is 5.56 Å². The van der Waals surface area contributed by atoms with Crippen molar-refractivity contribution < 1.29 is 33.3 Å². The van der Waals surface area contributed by atoms with Crippen molar-refractivity contribution in [1.82, 2.24) is 5.32 Å². The van der Waals surface area contributed by atoms with Crippen molar-refractivity contribution >= 4 is 35.0 Å². The van der Waals surface area contributed by atoms with Crippen LogP contribution in [0.2, 0.25) is 0 Å². The molecule has 1 aromatic rings. The van der Waals surface area contributed by atoms with E-state index in [1.807, 2.05) is 0 Å². The van der Waals surface area contributed by atoms with Crippen molar-refractivity contribution in [1.29, 1.82) is 0 Å². The SMILES string of the molecule is COC(=O)/C=C1/S/C(=N\N=Cc2c(OC)cc(OC)c(OC)c2OC)NC1=O. The average Bonchev–Trinajstić information content (AvgIpc) is 3.05. The van der Waals surface area contributed by atoms with Crippen LogP contribution in [0.4, 0.5) is 0 Å². The predicted octanol–water partition coefficient (Wildman–Crippen LogP) is 1.33. The Bertz CT molecular complexity index is 865. The number of amidine groups is 1. The van der Waals surface area contributed by atoms with Crippen LogP contribution in [0.3, 0.4) is 0 Å². The van der Waals surface area contributed by atoms with Crippen molar-refractivity contribution in [2.75, 3.05) is 35.5 Å². The van der Waals surface area contributed by atoms with Crippen LogP contribution in [-0.4, -0.2) is 58.8 Å². The first kappa shape index (κ1) is 21.1. The van der Waals surface area contributed by atoms with E-state index in [1.54, 1.807) is 6.07 Å². The Morgan fingerprint density at radius 2 is 1.71 bits per heavy atom. The molecule has 150 valence electrons. The van der Waals surface area contributed by atoms with Crippen molar-refractivity contribution in [3.63, 3.8) is 0 Å². The largest absolute Gasteiger partial charge is 0.496 e. The lowest BCUT2D eigenvalue weighted by atomic mass is 10.1. The number of carbonyl (C=O) groups excluding carboxylic acids is 2. The molecule has 28 heavy (non-hydrogen) atoms. The molecular formula is C17H19N3O7S. The fourth-order valence-electron chi connectivity index (χ4n) is 2.23. The second kappa shape index (κ2) is 9.65. The van der Waals surface area contributed by atoms with Crippen LogP contribution >= 0.6 is 11.8 Å². The van der Waals surface area contributed by atoms with E-state index < -0.39 is 11.9 Å². The maximum absolute atomic E-state index is 11.8. The molecule has 0 spiro atoms. The molecule has 11 heteroatoms. The van der Waals surface area contributed by atoms with Gasteiger partial charge in [0.1, 0.15) is 5.75 Å². The molecular weight excluding hydrogens is 390 g/mol. The van der Waals surface area contributed by atoms with E-state index in [-0.39, 0.29) is 10.1 Å². The van der Waals surface area contributed by atoms with Gasteiger partial charge in [-0.2, -0.15) is 5.10 Å². The molecule has 1 fully saturated rings. The van der Waals surface area contributed by atoms with E-state index in [9.17, 15) is 9.59 Å². The Balaban J connectivity index is 2.34. The van der Waals surface area contributed by atoms with Crippen LogP contribution in [0.25, 0.3) is 0 Å². The summed E-state index contributed by atoms with van der Waals surface area (Å²) in [6, 6.07) is 1.62. The summed E-state index contributed by atoms with van der Waals surface area (Å²) in [5.41, 5.74) is 0.464. The molecule has 1 N–H and O–H groups in total. The van der Waals surface area contributed by atoms with Gasteiger partial charge in [-0.25, -0.2) is 4.79 Å². The zero-order valence-electron chi connectivity index (χ0n) is 15.9. The van der Waals surface area contributed by atoms with Gasteiger partial charge in [0.25, 0.3) is 5.91 Å². The number of hydrogen-bond acceptors (Lipinski definition) is 10. The number of amides is 1. The first-order chi connectivity index (χ1) is 13.5. The van der Waals surface area contributed by atoms with Gasteiger partial charge in [-0.15, -0.1) is 5.10 Å². The molecule has 0 unspecified atom stereocenters. The minimum Gasteiger partial charge on any atom is -0.496 e. The minimum atomic E-state index is -0.637. The zero-order chi connectivity index (χ0) is 20.7. The molecule has 0 atom stereocenters. The summed E-state index contributed by atoms with van der Waals surface area (Å²) in [6.45, 7) is 0. The molecule has 2 rings (SSSR count). The molecule has 1 saturated heterocycles. The molecule has 1 heterocycles. The second-order valence-electron chi connectivity index (χ2n) is 5.00. The van der Waals surface area contributed by atoms with Crippen LogP contribution in [-0.2, 0) is 14.3 Å². The fraction of sp³-hybridized carbons (Fsp3) is 0.294. The molecule has 0 bridgehead atoms. The quantitative estimate of drug-likeness (QED) is 0.310. The number of nitrogens with one attached hydrogen (secondary N) is 1. The molecule has 1 aromatic carbocycles. The standard InChI is InChI=1S/C17H19N3O7S/c1-23-10-6-11(24-2)15(27-5)14(26-4)9(10)8-18-20-17-19-16(22)12(28-17)7-13(21)25-3/h6-8H,1-5H3,(H,19,20,22)/b12-7+,18-8?. The highest BCUT2D eigenvalue weighted by Gasteiger charge is 2.25.